The van der Waals surface area contributed by atoms with Crippen LogP contribution in [0.25, 0.3) is 10.9 Å². The normalized spacial score (nSPS) is 10.3. The van der Waals surface area contributed by atoms with Crippen molar-refractivity contribution < 1.29 is 14.3 Å². The molecule has 0 aliphatic carbocycles. The van der Waals surface area contributed by atoms with Gasteiger partial charge < -0.3 is 14.8 Å². The van der Waals surface area contributed by atoms with Crippen LogP contribution in [0.2, 0.25) is 0 Å². The third-order valence-corrected chi connectivity index (χ3v) is 3.19. The van der Waals surface area contributed by atoms with E-state index in [0.29, 0.717) is 22.7 Å². The van der Waals surface area contributed by atoms with Gasteiger partial charge in [-0.3, -0.25) is 14.8 Å². The van der Waals surface area contributed by atoms with Gasteiger partial charge in [-0.2, -0.15) is 0 Å². The summed E-state index contributed by atoms with van der Waals surface area (Å²) in [7, 11) is 1.58. The van der Waals surface area contributed by atoms with E-state index in [1.807, 2.05) is 18.2 Å². The summed E-state index contributed by atoms with van der Waals surface area (Å²) >= 11 is 0. The van der Waals surface area contributed by atoms with Gasteiger partial charge in [0.05, 0.1) is 24.5 Å². The van der Waals surface area contributed by atoms with E-state index in [1.54, 1.807) is 43.9 Å². The maximum absolute atomic E-state index is 12.1. The average molecular weight is 309 g/mol. The number of pyridine rings is 2. The molecule has 6 nitrogen and oxygen atoms in total. The molecule has 2 heterocycles. The average Bonchev–Trinajstić information content (AvgIpc) is 2.60. The third-order valence-electron chi connectivity index (χ3n) is 3.19. The molecule has 0 saturated heterocycles. The van der Waals surface area contributed by atoms with Gasteiger partial charge in [0, 0.05) is 23.8 Å². The van der Waals surface area contributed by atoms with E-state index in [9.17, 15) is 4.79 Å². The second-order valence-electron chi connectivity index (χ2n) is 4.78. The number of aromatic nitrogens is 2. The number of ether oxygens (including phenoxy) is 2. The van der Waals surface area contributed by atoms with Gasteiger partial charge in [0.25, 0.3) is 5.91 Å². The molecule has 0 bridgehead atoms. The van der Waals surface area contributed by atoms with Crippen LogP contribution in [0.4, 0.5) is 5.69 Å². The summed E-state index contributed by atoms with van der Waals surface area (Å²) in [4.78, 5) is 20.3. The Labute approximate surface area is 133 Å². The molecule has 0 aliphatic rings. The number of methoxy groups -OCH3 is 1. The molecule has 1 aromatic carbocycles. The Bertz CT molecular complexity index is 822. The van der Waals surface area contributed by atoms with Gasteiger partial charge in [-0.25, -0.2) is 0 Å². The van der Waals surface area contributed by atoms with Crippen LogP contribution in [0.1, 0.15) is 0 Å². The van der Waals surface area contributed by atoms with Crippen molar-refractivity contribution in [2.24, 2.45) is 0 Å². The highest BCUT2D eigenvalue weighted by molar-refractivity contribution is 6.01. The number of hydrogen-bond donors (Lipinski definition) is 1. The Morgan fingerprint density at radius 1 is 1.17 bits per heavy atom. The molecule has 0 spiro atoms. The fraction of sp³-hybridized carbons (Fsp3) is 0.118. The lowest BCUT2D eigenvalue weighted by atomic mass is 10.2. The van der Waals surface area contributed by atoms with Gasteiger partial charge in [-0.15, -0.1) is 0 Å². The van der Waals surface area contributed by atoms with Crippen molar-refractivity contribution in [3.63, 3.8) is 0 Å². The molecule has 2 aromatic heterocycles. The highest BCUT2D eigenvalue weighted by Crippen LogP contribution is 2.27. The second-order valence-corrected chi connectivity index (χ2v) is 4.78. The summed E-state index contributed by atoms with van der Waals surface area (Å²) in [6, 6.07) is 10.8. The molecule has 0 fully saturated rings. The third kappa shape index (κ3) is 3.55. The Kier molecular flexibility index (Phi) is 4.33. The Balaban J connectivity index is 1.76. The molecule has 0 saturated carbocycles. The first-order chi connectivity index (χ1) is 11.3. The lowest BCUT2D eigenvalue weighted by molar-refractivity contribution is -0.118. The van der Waals surface area contributed by atoms with Crippen molar-refractivity contribution in [2.75, 3.05) is 19.0 Å². The fourth-order valence-electron chi connectivity index (χ4n) is 2.15. The summed E-state index contributed by atoms with van der Waals surface area (Å²) in [5.74, 6) is 0.902. The molecule has 3 aromatic rings. The zero-order chi connectivity index (χ0) is 16.1. The van der Waals surface area contributed by atoms with Crippen LogP contribution in [0.3, 0.4) is 0 Å². The van der Waals surface area contributed by atoms with E-state index in [1.165, 1.54) is 0 Å². The minimum Gasteiger partial charge on any atom is -0.497 e. The largest absolute Gasteiger partial charge is 0.497 e. The van der Waals surface area contributed by atoms with Crippen molar-refractivity contribution in [1.82, 2.24) is 9.97 Å². The van der Waals surface area contributed by atoms with Gasteiger partial charge in [0.1, 0.15) is 11.5 Å². The number of hydrogen-bond acceptors (Lipinski definition) is 5. The molecular weight excluding hydrogens is 294 g/mol. The lowest BCUT2D eigenvalue weighted by Crippen LogP contribution is -2.20. The Hall–Kier alpha value is -3.15. The maximum Gasteiger partial charge on any atom is 0.262 e. The number of benzene rings is 1. The van der Waals surface area contributed by atoms with Gasteiger partial charge in [-0.05, 0) is 24.3 Å². The van der Waals surface area contributed by atoms with Gasteiger partial charge in [-0.1, -0.05) is 6.07 Å². The van der Waals surface area contributed by atoms with Crippen LogP contribution < -0.4 is 14.8 Å². The molecule has 6 heteroatoms. The van der Waals surface area contributed by atoms with E-state index < -0.39 is 0 Å². The zero-order valence-electron chi connectivity index (χ0n) is 12.5. The number of anilines is 1. The van der Waals surface area contributed by atoms with Crippen molar-refractivity contribution in [3.8, 4) is 11.5 Å². The molecule has 1 N–H and O–H groups in total. The van der Waals surface area contributed by atoms with E-state index in [2.05, 4.69) is 15.3 Å². The predicted octanol–water partition coefficient (Wildman–Crippen LogP) is 2.66. The van der Waals surface area contributed by atoms with Crippen LogP contribution in [-0.4, -0.2) is 29.6 Å². The number of carbonyl (C=O) groups is 1. The number of rotatable bonds is 5. The topological polar surface area (TPSA) is 73.3 Å². The molecule has 23 heavy (non-hydrogen) atoms. The molecule has 116 valence electrons. The smallest absolute Gasteiger partial charge is 0.262 e. The van der Waals surface area contributed by atoms with Crippen molar-refractivity contribution in [1.29, 1.82) is 0 Å². The summed E-state index contributed by atoms with van der Waals surface area (Å²) < 4.78 is 10.6. The predicted molar refractivity (Wildman–Crippen MR) is 86.7 cm³/mol. The first-order valence-electron chi connectivity index (χ1n) is 7.02. The summed E-state index contributed by atoms with van der Waals surface area (Å²) in [6.45, 7) is -0.114. The first kappa shape index (κ1) is 14.8. The number of nitrogens with one attached hydrogen (secondary N) is 1. The molecule has 1 amide bonds. The van der Waals surface area contributed by atoms with Crippen molar-refractivity contribution in [3.05, 3.63) is 55.0 Å². The minimum atomic E-state index is -0.283. The molecular formula is C17H15N3O3. The van der Waals surface area contributed by atoms with E-state index in [0.717, 1.165) is 5.39 Å². The maximum atomic E-state index is 12.1. The highest BCUT2D eigenvalue weighted by atomic mass is 16.5. The van der Waals surface area contributed by atoms with Gasteiger partial charge in [0.15, 0.2) is 6.61 Å². The van der Waals surface area contributed by atoms with Crippen molar-refractivity contribution >= 4 is 22.5 Å². The van der Waals surface area contributed by atoms with E-state index in [4.69, 9.17) is 9.47 Å². The Morgan fingerprint density at radius 2 is 2.04 bits per heavy atom. The molecule has 0 atom stereocenters. The fourth-order valence-corrected chi connectivity index (χ4v) is 2.15. The Morgan fingerprint density at radius 3 is 2.83 bits per heavy atom. The van der Waals surface area contributed by atoms with Gasteiger partial charge in [0.2, 0.25) is 0 Å². The lowest BCUT2D eigenvalue weighted by Gasteiger charge is -2.11. The van der Waals surface area contributed by atoms with Crippen molar-refractivity contribution in [2.45, 2.75) is 0 Å². The van der Waals surface area contributed by atoms with E-state index in [-0.39, 0.29) is 12.5 Å². The first-order valence-corrected chi connectivity index (χ1v) is 7.02. The van der Waals surface area contributed by atoms with E-state index >= 15 is 0 Å². The number of fused-ring (bicyclic) bond motifs is 1. The van der Waals surface area contributed by atoms with Gasteiger partial charge >= 0.3 is 0 Å². The van der Waals surface area contributed by atoms with Crippen LogP contribution >= 0.6 is 0 Å². The summed E-state index contributed by atoms with van der Waals surface area (Å²) in [6.07, 6.45) is 4.87. The summed E-state index contributed by atoms with van der Waals surface area (Å²) in [5.41, 5.74) is 1.28. The molecule has 0 unspecified atom stereocenters. The standard InChI is InChI=1S/C17H15N3O3/c1-22-14-8-12-4-2-7-19-17(12)15(9-14)20-16(21)11-23-13-5-3-6-18-10-13/h2-10H,11H2,1H3,(H,20,21). The van der Waals surface area contributed by atoms with Crippen LogP contribution in [-0.2, 0) is 4.79 Å². The number of carbonyl (C=O) groups excluding carboxylic acids is 1. The van der Waals surface area contributed by atoms with Crippen LogP contribution in [0.15, 0.2) is 55.0 Å². The molecule has 0 radical (unpaired) electrons. The van der Waals surface area contributed by atoms with Crippen LogP contribution in [0, 0.1) is 0 Å². The molecule has 0 aliphatic heterocycles. The summed E-state index contributed by atoms with van der Waals surface area (Å²) in [5, 5.41) is 3.69. The monoisotopic (exact) mass is 309 g/mol. The van der Waals surface area contributed by atoms with Crippen LogP contribution in [0.5, 0.6) is 11.5 Å². The highest BCUT2D eigenvalue weighted by Gasteiger charge is 2.10. The number of nitrogens with zero attached hydrogens (tertiary/aromatic N) is 2. The zero-order valence-corrected chi connectivity index (χ0v) is 12.5. The SMILES string of the molecule is COc1cc(NC(=O)COc2cccnc2)c2ncccc2c1. The molecule has 3 rings (SSSR count). The second kappa shape index (κ2) is 6.74. The minimum absolute atomic E-state index is 0.114. The number of amides is 1. The quantitative estimate of drug-likeness (QED) is 0.784.